The average Bonchev–Trinajstić information content (AvgIpc) is 2.87. The van der Waals surface area contributed by atoms with Crippen LogP contribution in [-0.4, -0.2) is 15.2 Å². The smallest absolute Gasteiger partial charge is 0.166 e. The van der Waals surface area contributed by atoms with Crippen LogP contribution in [-0.2, 0) is 0 Å². The molecule has 0 saturated carbocycles. The topological polar surface area (TPSA) is 62.5 Å². The zero-order chi connectivity index (χ0) is 12.3. The fourth-order valence-corrected chi connectivity index (χ4v) is 2.48. The molecule has 6 heteroatoms. The Balaban J connectivity index is 2.28. The molecule has 2 heterocycles. The molecule has 0 aromatic carbocycles. The number of halogens is 1. The van der Waals surface area contributed by atoms with E-state index in [1.807, 2.05) is 6.07 Å². The first-order chi connectivity index (χ1) is 8.24. The molecule has 0 aliphatic rings. The summed E-state index contributed by atoms with van der Waals surface area (Å²) >= 11 is 5.06. The Morgan fingerprint density at radius 1 is 1.47 bits per heavy atom. The summed E-state index contributed by atoms with van der Waals surface area (Å²) in [4.78, 5) is 4.43. The molecule has 0 radical (unpaired) electrons. The maximum Gasteiger partial charge on any atom is 0.166 e. The van der Waals surface area contributed by atoms with Crippen molar-refractivity contribution in [2.45, 2.75) is 18.2 Å². The number of rotatable bonds is 3. The minimum absolute atomic E-state index is 0.243. The number of hydrogen-bond donors (Lipinski definition) is 0. The van der Waals surface area contributed by atoms with Crippen molar-refractivity contribution in [1.82, 2.24) is 15.2 Å². The van der Waals surface area contributed by atoms with Crippen LogP contribution in [0.25, 0.3) is 10.7 Å². The van der Waals surface area contributed by atoms with E-state index in [4.69, 9.17) is 5.26 Å². The maximum atomic E-state index is 8.69. The highest BCUT2D eigenvalue weighted by Crippen LogP contribution is 2.31. The van der Waals surface area contributed by atoms with Gasteiger partial charge < -0.3 is 0 Å². The lowest BCUT2D eigenvalue weighted by Crippen LogP contribution is -1.85. The van der Waals surface area contributed by atoms with Crippen LogP contribution in [0, 0.1) is 11.3 Å². The lowest BCUT2D eigenvalue weighted by molar-refractivity contribution is 0.870. The van der Waals surface area contributed by atoms with Gasteiger partial charge >= 0.3 is 0 Å². The Morgan fingerprint density at radius 2 is 2.29 bits per heavy atom. The van der Waals surface area contributed by atoms with Crippen molar-refractivity contribution >= 4 is 27.3 Å². The minimum Gasteiger partial charge on any atom is -0.252 e. The SMILES string of the molecule is CCC(Br)c1nnc(-c2ccc(C#N)cn2)s1. The van der Waals surface area contributed by atoms with Crippen LogP contribution in [0.4, 0.5) is 0 Å². The van der Waals surface area contributed by atoms with Gasteiger partial charge in [-0.3, -0.25) is 4.98 Å². The third-order valence-electron chi connectivity index (χ3n) is 2.18. The fourth-order valence-electron chi connectivity index (χ4n) is 1.23. The van der Waals surface area contributed by atoms with E-state index in [0.29, 0.717) is 5.56 Å². The largest absolute Gasteiger partial charge is 0.252 e. The number of hydrogen-bond acceptors (Lipinski definition) is 5. The monoisotopic (exact) mass is 308 g/mol. The third kappa shape index (κ3) is 2.68. The van der Waals surface area contributed by atoms with E-state index in [0.717, 1.165) is 22.1 Å². The Kier molecular flexibility index (Phi) is 3.82. The molecule has 2 aromatic rings. The standard InChI is InChI=1S/C11H9BrN4S/c1-2-8(12)10-15-16-11(17-10)9-4-3-7(5-13)6-14-9/h3-4,6,8H,2H2,1H3. The van der Waals surface area contributed by atoms with E-state index in [1.54, 1.807) is 18.3 Å². The van der Waals surface area contributed by atoms with Crippen LogP contribution >= 0.6 is 27.3 Å². The number of nitrogens with zero attached hydrogens (tertiary/aromatic N) is 4. The van der Waals surface area contributed by atoms with Gasteiger partial charge in [-0.05, 0) is 18.6 Å². The highest BCUT2D eigenvalue weighted by atomic mass is 79.9. The maximum absolute atomic E-state index is 8.69. The number of pyridine rings is 1. The van der Waals surface area contributed by atoms with E-state index in [-0.39, 0.29) is 4.83 Å². The fraction of sp³-hybridized carbons (Fsp3) is 0.273. The lowest BCUT2D eigenvalue weighted by atomic mass is 10.3. The van der Waals surface area contributed by atoms with Gasteiger partial charge in [0.05, 0.1) is 10.4 Å². The van der Waals surface area contributed by atoms with Gasteiger partial charge in [-0.25, -0.2) is 0 Å². The summed E-state index contributed by atoms with van der Waals surface area (Å²) in [7, 11) is 0. The molecule has 0 amide bonds. The number of aromatic nitrogens is 3. The highest BCUT2D eigenvalue weighted by molar-refractivity contribution is 9.09. The van der Waals surface area contributed by atoms with E-state index in [2.05, 4.69) is 38.0 Å². The molecule has 0 aliphatic heterocycles. The minimum atomic E-state index is 0.243. The summed E-state index contributed by atoms with van der Waals surface area (Å²) in [5.74, 6) is 0. The molecule has 0 saturated heterocycles. The van der Waals surface area contributed by atoms with Crippen LogP contribution in [0.15, 0.2) is 18.3 Å². The molecule has 1 atom stereocenters. The second-order valence-corrected chi connectivity index (χ2v) is 5.48. The summed E-state index contributed by atoms with van der Waals surface area (Å²) < 4.78 is 0. The Morgan fingerprint density at radius 3 is 2.88 bits per heavy atom. The Hall–Kier alpha value is -1.32. The molecule has 0 N–H and O–H groups in total. The molecule has 17 heavy (non-hydrogen) atoms. The van der Waals surface area contributed by atoms with Gasteiger partial charge in [-0.1, -0.05) is 34.2 Å². The summed E-state index contributed by atoms with van der Waals surface area (Å²) in [5, 5.41) is 18.6. The molecular formula is C11H9BrN4S. The first-order valence-electron chi connectivity index (χ1n) is 5.08. The number of alkyl halides is 1. The zero-order valence-electron chi connectivity index (χ0n) is 9.09. The van der Waals surface area contributed by atoms with Crippen molar-refractivity contribution in [1.29, 1.82) is 5.26 Å². The lowest BCUT2D eigenvalue weighted by Gasteiger charge is -1.98. The predicted molar refractivity (Wildman–Crippen MR) is 69.8 cm³/mol. The van der Waals surface area contributed by atoms with Gasteiger partial charge in [-0.2, -0.15) is 5.26 Å². The van der Waals surface area contributed by atoms with E-state index in [9.17, 15) is 0 Å². The molecule has 2 aromatic heterocycles. The van der Waals surface area contributed by atoms with Crippen LogP contribution < -0.4 is 0 Å². The van der Waals surface area contributed by atoms with Gasteiger partial charge in [0.1, 0.15) is 16.8 Å². The van der Waals surface area contributed by atoms with Crippen LogP contribution in [0.1, 0.15) is 28.7 Å². The van der Waals surface area contributed by atoms with Crippen molar-refractivity contribution < 1.29 is 0 Å². The van der Waals surface area contributed by atoms with E-state index in [1.165, 1.54) is 11.3 Å². The summed E-state index contributed by atoms with van der Waals surface area (Å²) in [6.07, 6.45) is 2.51. The Bertz CT molecular complexity index is 543. The predicted octanol–water partition coefficient (Wildman–Crippen LogP) is 3.32. The molecular weight excluding hydrogens is 300 g/mol. The molecule has 0 spiro atoms. The van der Waals surface area contributed by atoms with Crippen molar-refractivity contribution in [2.24, 2.45) is 0 Å². The zero-order valence-corrected chi connectivity index (χ0v) is 11.5. The van der Waals surface area contributed by atoms with Crippen molar-refractivity contribution in [2.75, 3.05) is 0 Å². The van der Waals surface area contributed by atoms with Crippen molar-refractivity contribution in [3.63, 3.8) is 0 Å². The summed E-state index contributed by atoms with van der Waals surface area (Å²) in [6, 6.07) is 5.56. The Labute approximate surface area is 111 Å². The van der Waals surface area contributed by atoms with Crippen LogP contribution in [0.2, 0.25) is 0 Å². The molecule has 1 unspecified atom stereocenters. The van der Waals surface area contributed by atoms with Crippen LogP contribution in [0.3, 0.4) is 0 Å². The summed E-state index contributed by atoms with van der Waals surface area (Å²) in [6.45, 7) is 2.08. The van der Waals surface area contributed by atoms with E-state index >= 15 is 0 Å². The van der Waals surface area contributed by atoms with E-state index < -0.39 is 0 Å². The van der Waals surface area contributed by atoms with Crippen molar-refractivity contribution in [3.8, 4) is 16.8 Å². The van der Waals surface area contributed by atoms with Gasteiger partial charge in [-0.15, -0.1) is 10.2 Å². The van der Waals surface area contributed by atoms with Crippen LogP contribution in [0.5, 0.6) is 0 Å². The first kappa shape index (κ1) is 12.1. The molecule has 4 nitrogen and oxygen atoms in total. The van der Waals surface area contributed by atoms with Gasteiger partial charge in [0.25, 0.3) is 0 Å². The normalized spacial score (nSPS) is 12.1. The second kappa shape index (κ2) is 5.34. The quantitative estimate of drug-likeness (QED) is 0.816. The van der Waals surface area contributed by atoms with Gasteiger partial charge in [0.15, 0.2) is 5.01 Å². The van der Waals surface area contributed by atoms with Gasteiger partial charge in [0.2, 0.25) is 0 Å². The summed E-state index contributed by atoms with van der Waals surface area (Å²) in [5.41, 5.74) is 1.30. The molecule has 0 aliphatic carbocycles. The molecule has 86 valence electrons. The molecule has 0 fully saturated rings. The van der Waals surface area contributed by atoms with Gasteiger partial charge in [0, 0.05) is 6.20 Å². The number of nitriles is 1. The average molecular weight is 309 g/mol. The highest BCUT2D eigenvalue weighted by Gasteiger charge is 2.13. The first-order valence-corrected chi connectivity index (χ1v) is 6.81. The molecule has 0 bridgehead atoms. The second-order valence-electron chi connectivity index (χ2n) is 3.37. The third-order valence-corrected chi connectivity index (χ3v) is 4.62. The van der Waals surface area contributed by atoms with Crippen molar-refractivity contribution in [3.05, 3.63) is 28.9 Å². The molecule has 2 rings (SSSR count).